The molecule has 10 nitrogen and oxygen atoms in total. The third-order valence-electron chi connectivity index (χ3n) is 5.37. The Morgan fingerprint density at radius 2 is 2.03 bits per heavy atom. The van der Waals surface area contributed by atoms with E-state index in [0.29, 0.717) is 30.7 Å². The number of hydrogen-bond donors (Lipinski definition) is 2. The molecule has 2 fully saturated rings. The number of halogens is 3. The van der Waals surface area contributed by atoms with E-state index in [1.165, 1.54) is 6.26 Å². The Kier molecular flexibility index (Phi) is 7.41. The van der Waals surface area contributed by atoms with E-state index in [9.17, 15) is 18.0 Å². The highest BCUT2D eigenvalue weighted by molar-refractivity contribution is 5.91. The van der Waals surface area contributed by atoms with Gasteiger partial charge in [0.05, 0.1) is 19.0 Å². The standard InChI is InChI=1S/C18H23N5O3.C2HF3O2/c1-22(2)16-6-17(21-11-20-16)23-8-13-12(10-26-15(13)9-23)7-19-18(24)14-4-3-5-25-14;3-2(4,5)1(6)7/h3-6,11-13,15H,7-10H2,1-2H3,(H,19,24);(H,6,7)/t12-,13-,15-;/m1./s1. The van der Waals surface area contributed by atoms with Crippen molar-refractivity contribution in [3.63, 3.8) is 0 Å². The number of alkyl halides is 3. The number of nitrogens with zero attached hydrogens (tertiary/aromatic N) is 4. The molecule has 180 valence electrons. The highest BCUT2D eigenvalue weighted by Gasteiger charge is 2.44. The number of amides is 1. The summed E-state index contributed by atoms with van der Waals surface area (Å²) in [6, 6.07) is 5.37. The smallest absolute Gasteiger partial charge is 0.475 e. The molecule has 2 aliphatic heterocycles. The quantitative estimate of drug-likeness (QED) is 0.670. The maximum Gasteiger partial charge on any atom is 0.490 e. The van der Waals surface area contributed by atoms with Crippen LogP contribution in [0.25, 0.3) is 0 Å². The Balaban J connectivity index is 0.000000383. The molecule has 33 heavy (non-hydrogen) atoms. The van der Waals surface area contributed by atoms with E-state index < -0.39 is 12.1 Å². The van der Waals surface area contributed by atoms with E-state index in [1.54, 1.807) is 18.5 Å². The number of hydrogen-bond acceptors (Lipinski definition) is 8. The maximum absolute atomic E-state index is 12.1. The number of aromatic nitrogens is 2. The third kappa shape index (κ3) is 6.12. The Labute approximate surface area is 187 Å². The normalized spacial score (nSPS) is 21.7. The topological polar surface area (TPSA) is 121 Å². The molecule has 0 unspecified atom stereocenters. The summed E-state index contributed by atoms with van der Waals surface area (Å²) in [5.41, 5.74) is 0. The first kappa shape index (κ1) is 24.3. The van der Waals surface area contributed by atoms with Crippen molar-refractivity contribution in [3.8, 4) is 0 Å². The van der Waals surface area contributed by atoms with Gasteiger partial charge in [-0.25, -0.2) is 14.8 Å². The van der Waals surface area contributed by atoms with Gasteiger partial charge in [-0.3, -0.25) is 4.79 Å². The van der Waals surface area contributed by atoms with Gasteiger partial charge < -0.3 is 29.4 Å². The molecule has 0 aromatic carbocycles. The summed E-state index contributed by atoms with van der Waals surface area (Å²) in [7, 11) is 3.93. The minimum absolute atomic E-state index is 0.179. The van der Waals surface area contributed by atoms with Crippen LogP contribution in [0.1, 0.15) is 10.6 Å². The fraction of sp³-hybridized carbons (Fsp3) is 0.500. The van der Waals surface area contributed by atoms with Gasteiger partial charge in [-0.1, -0.05) is 0 Å². The number of rotatable bonds is 5. The fourth-order valence-corrected chi connectivity index (χ4v) is 3.67. The highest BCUT2D eigenvalue weighted by Crippen LogP contribution is 2.35. The van der Waals surface area contributed by atoms with Crippen LogP contribution in [0.5, 0.6) is 0 Å². The van der Waals surface area contributed by atoms with Crippen LogP contribution in [0.2, 0.25) is 0 Å². The minimum atomic E-state index is -5.08. The van der Waals surface area contributed by atoms with Crippen LogP contribution < -0.4 is 15.1 Å². The molecule has 2 aromatic heterocycles. The molecule has 0 aliphatic carbocycles. The van der Waals surface area contributed by atoms with Gasteiger partial charge in [0, 0.05) is 51.6 Å². The molecular weight excluding hydrogens is 447 g/mol. The second-order valence-electron chi connectivity index (χ2n) is 7.82. The van der Waals surface area contributed by atoms with Gasteiger partial charge in [-0.2, -0.15) is 13.2 Å². The number of aliphatic carboxylic acids is 1. The molecule has 1 amide bonds. The summed E-state index contributed by atoms with van der Waals surface area (Å²) in [4.78, 5) is 33.9. The lowest BCUT2D eigenvalue weighted by Gasteiger charge is -2.21. The van der Waals surface area contributed by atoms with E-state index in [4.69, 9.17) is 19.1 Å². The summed E-state index contributed by atoms with van der Waals surface area (Å²) >= 11 is 0. The van der Waals surface area contributed by atoms with E-state index in [2.05, 4.69) is 20.2 Å². The number of carboxylic acid groups (broad SMARTS) is 1. The van der Waals surface area contributed by atoms with Gasteiger partial charge in [-0.15, -0.1) is 0 Å². The summed E-state index contributed by atoms with van der Waals surface area (Å²) < 4.78 is 42.8. The number of nitrogens with one attached hydrogen (secondary N) is 1. The van der Waals surface area contributed by atoms with Gasteiger partial charge in [0.25, 0.3) is 5.91 Å². The summed E-state index contributed by atoms with van der Waals surface area (Å²) in [6.07, 6.45) is -1.80. The second kappa shape index (κ2) is 10.1. The van der Waals surface area contributed by atoms with Crippen LogP contribution >= 0.6 is 0 Å². The lowest BCUT2D eigenvalue weighted by molar-refractivity contribution is -0.192. The predicted octanol–water partition coefficient (Wildman–Crippen LogP) is 1.65. The van der Waals surface area contributed by atoms with Crippen molar-refractivity contribution in [1.82, 2.24) is 15.3 Å². The van der Waals surface area contributed by atoms with Crippen LogP contribution in [-0.2, 0) is 9.53 Å². The van der Waals surface area contributed by atoms with Crippen LogP contribution in [-0.4, -0.2) is 79.6 Å². The fourth-order valence-electron chi connectivity index (χ4n) is 3.67. The zero-order valence-electron chi connectivity index (χ0n) is 18.0. The van der Waals surface area contributed by atoms with Crippen LogP contribution in [0, 0.1) is 11.8 Å². The first-order chi connectivity index (χ1) is 15.6. The summed E-state index contributed by atoms with van der Waals surface area (Å²) in [6.45, 7) is 2.95. The largest absolute Gasteiger partial charge is 0.490 e. The van der Waals surface area contributed by atoms with Gasteiger partial charge in [0.1, 0.15) is 18.0 Å². The maximum atomic E-state index is 12.1. The molecule has 0 saturated carbocycles. The molecule has 4 rings (SSSR count). The molecule has 3 atom stereocenters. The number of fused-ring (bicyclic) bond motifs is 1. The van der Waals surface area contributed by atoms with Crippen LogP contribution in [0.15, 0.2) is 35.2 Å². The summed E-state index contributed by atoms with van der Waals surface area (Å²) in [5.74, 6) is -0.128. The van der Waals surface area contributed by atoms with Gasteiger partial charge in [0.2, 0.25) is 0 Å². The number of carboxylic acids is 1. The first-order valence-electron chi connectivity index (χ1n) is 10.0. The van der Waals surface area contributed by atoms with Crippen molar-refractivity contribution in [2.24, 2.45) is 11.8 Å². The highest BCUT2D eigenvalue weighted by atomic mass is 19.4. The third-order valence-corrected chi connectivity index (χ3v) is 5.37. The molecule has 0 bridgehead atoms. The number of carbonyl (C=O) groups excluding carboxylic acids is 1. The number of furan rings is 1. The van der Waals surface area contributed by atoms with Gasteiger partial charge >= 0.3 is 12.1 Å². The van der Waals surface area contributed by atoms with E-state index in [0.717, 1.165) is 24.7 Å². The Hall–Kier alpha value is -3.35. The van der Waals surface area contributed by atoms with Crippen molar-refractivity contribution in [3.05, 3.63) is 36.5 Å². The zero-order chi connectivity index (χ0) is 24.2. The Morgan fingerprint density at radius 3 is 2.64 bits per heavy atom. The monoisotopic (exact) mass is 471 g/mol. The van der Waals surface area contributed by atoms with Crippen molar-refractivity contribution in [2.45, 2.75) is 12.3 Å². The second-order valence-corrected chi connectivity index (χ2v) is 7.82. The SMILES string of the molecule is CN(C)c1cc(N2C[C@@H]3[C@H](CNC(=O)c4ccco4)CO[C@@H]3C2)ncn1.O=C(O)C(F)(F)F. The van der Waals surface area contributed by atoms with Gasteiger partial charge in [0.15, 0.2) is 5.76 Å². The summed E-state index contributed by atoms with van der Waals surface area (Å²) in [5, 5.41) is 10.1. The molecule has 4 heterocycles. The zero-order valence-corrected chi connectivity index (χ0v) is 18.0. The van der Waals surface area contributed by atoms with E-state index >= 15 is 0 Å². The van der Waals surface area contributed by atoms with E-state index in [-0.39, 0.29) is 12.0 Å². The number of anilines is 2. The molecule has 0 spiro atoms. The van der Waals surface area contributed by atoms with Gasteiger partial charge in [-0.05, 0) is 12.1 Å². The molecule has 2 aliphatic rings. The van der Waals surface area contributed by atoms with Crippen LogP contribution in [0.4, 0.5) is 24.8 Å². The van der Waals surface area contributed by atoms with Crippen molar-refractivity contribution in [2.75, 3.05) is 50.1 Å². The lowest BCUT2D eigenvalue weighted by atomic mass is 9.93. The van der Waals surface area contributed by atoms with Crippen LogP contribution in [0.3, 0.4) is 0 Å². The Morgan fingerprint density at radius 1 is 1.30 bits per heavy atom. The predicted molar refractivity (Wildman–Crippen MR) is 110 cm³/mol. The Bertz CT molecular complexity index is 954. The first-order valence-corrected chi connectivity index (χ1v) is 10.0. The number of ether oxygens (including phenoxy) is 1. The van der Waals surface area contributed by atoms with Crippen molar-refractivity contribution in [1.29, 1.82) is 0 Å². The lowest BCUT2D eigenvalue weighted by Crippen LogP contribution is -2.34. The molecule has 2 N–H and O–H groups in total. The average Bonchev–Trinajstić information content (AvgIpc) is 3.49. The van der Waals surface area contributed by atoms with E-state index in [1.807, 2.05) is 25.1 Å². The molecule has 0 radical (unpaired) electrons. The number of carbonyl (C=O) groups is 2. The van der Waals surface area contributed by atoms with Crippen molar-refractivity contribution < 1.29 is 37.0 Å². The molecule has 2 saturated heterocycles. The molecular formula is C20H24F3N5O5. The molecule has 13 heteroatoms. The minimum Gasteiger partial charge on any atom is -0.475 e. The van der Waals surface area contributed by atoms with Crippen molar-refractivity contribution >= 4 is 23.5 Å². The molecule has 2 aromatic rings. The average molecular weight is 471 g/mol.